The second kappa shape index (κ2) is 17.1. The first kappa shape index (κ1) is 38.3. The van der Waals surface area contributed by atoms with Crippen LogP contribution in [0.25, 0.3) is 27.8 Å². The van der Waals surface area contributed by atoms with E-state index in [1.807, 2.05) is 12.1 Å². The first-order valence-electron chi connectivity index (χ1n) is 18.2. The summed E-state index contributed by atoms with van der Waals surface area (Å²) in [5.74, 6) is 2.41. The maximum absolute atomic E-state index is 12.0. The Hall–Kier alpha value is -4.46. The smallest absolute Gasteiger partial charge is 0.271 e. The summed E-state index contributed by atoms with van der Waals surface area (Å²) >= 11 is 3.53. The van der Waals surface area contributed by atoms with E-state index in [0.717, 1.165) is 83.6 Å². The van der Waals surface area contributed by atoms with Crippen molar-refractivity contribution in [2.24, 2.45) is 0 Å². The van der Waals surface area contributed by atoms with Crippen LogP contribution >= 0.6 is 15.9 Å². The van der Waals surface area contributed by atoms with Gasteiger partial charge in [0.2, 0.25) is 0 Å². The Morgan fingerprint density at radius 2 is 1.25 bits per heavy atom. The summed E-state index contributed by atoms with van der Waals surface area (Å²) < 4.78 is 7.30. The van der Waals surface area contributed by atoms with Gasteiger partial charge in [-0.3, -0.25) is 19.4 Å². The molecule has 53 heavy (non-hydrogen) atoms. The van der Waals surface area contributed by atoms with Crippen molar-refractivity contribution < 1.29 is 0 Å². The highest BCUT2D eigenvalue weighted by Crippen LogP contribution is 2.29. The Kier molecular flexibility index (Phi) is 12.4. The number of nitrogens with one attached hydrogen (secondary N) is 1. The summed E-state index contributed by atoms with van der Waals surface area (Å²) in [5.41, 5.74) is 4.99. The van der Waals surface area contributed by atoms with Crippen LogP contribution in [0.15, 0.2) is 87.1 Å². The van der Waals surface area contributed by atoms with E-state index in [9.17, 15) is 9.59 Å². The van der Waals surface area contributed by atoms with Crippen LogP contribution in [-0.2, 0) is 25.9 Å². The molecule has 2 aromatic carbocycles. The van der Waals surface area contributed by atoms with Crippen LogP contribution in [0, 0.1) is 0 Å². The number of nitrogens with zero attached hydrogens (tertiary/aromatic N) is 9. The van der Waals surface area contributed by atoms with Crippen LogP contribution in [0.4, 0.5) is 0 Å². The molecule has 6 aromatic rings. The summed E-state index contributed by atoms with van der Waals surface area (Å²) in [4.78, 5) is 37.1. The number of hydrogen-bond donors (Lipinski definition) is 1. The lowest BCUT2D eigenvalue weighted by Gasteiger charge is -2.36. The van der Waals surface area contributed by atoms with E-state index in [4.69, 9.17) is 9.97 Å². The number of halogens is 1. The average molecular weight is 784 g/mol. The van der Waals surface area contributed by atoms with Crippen molar-refractivity contribution in [1.29, 1.82) is 0 Å². The van der Waals surface area contributed by atoms with Crippen LogP contribution in [0.3, 0.4) is 0 Å². The topological polar surface area (TPSA) is 123 Å². The molecule has 4 aromatic heterocycles. The van der Waals surface area contributed by atoms with Gasteiger partial charge in [0.05, 0.1) is 27.8 Å². The molecule has 6 heterocycles. The molecule has 0 unspecified atom stereocenters. The molecule has 4 aliphatic rings. The lowest BCUT2D eigenvalue weighted by atomic mass is 9.91. The van der Waals surface area contributed by atoms with Crippen LogP contribution in [0.2, 0.25) is 0 Å². The van der Waals surface area contributed by atoms with Crippen molar-refractivity contribution in [2.75, 3.05) is 26.2 Å². The van der Waals surface area contributed by atoms with Gasteiger partial charge in [-0.15, -0.1) is 0 Å². The third-order valence-electron chi connectivity index (χ3n) is 10.8. The van der Waals surface area contributed by atoms with Crippen molar-refractivity contribution in [1.82, 2.24) is 48.9 Å². The molecule has 1 N–H and O–H groups in total. The lowest BCUT2D eigenvalue weighted by Crippen LogP contribution is -2.41. The lowest BCUT2D eigenvalue weighted by molar-refractivity contribution is 0.130. The zero-order valence-corrected chi connectivity index (χ0v) is 30.3. The van der Waals surface area contributed by atoms with Crippen molar-refractivity contribution in [3.63, 3.8) is 0 Å². The summed E-state index contributed by atoms with van der Waals surface area (Å²) in [7, 11) is 0. The van der Waals surface area contributed by atoms with Gasteiger partial charge in [-0.1, -0.05) is 43.6 Å². The van der Waals surface area contributed by atoms with Gasteiger partial charge < -0.3 is 9.13 Å². The highest BCUT2D eigenvalue weighted by atomic mass is 79.9. The van der Waals surface area contributed by atoms with E-state index in [2.05, 4.69) is 74.4 Å². The maximum atomic E-state index is 12.0. The van der Waals surface area contributed by atoms with Crippen LogP contribution in [-0.4, -0.2) is 87.1 Å². The molecule has 0 bridgehead atoms. The molecule has 2 saturated carbocycles. The number of fused-ring (bicyclic) bond motifs is 6. The SMILES string of the molecule is Brc1ccc2c(c1)nc1n2CCN(C2CCC2)CC1.C.C.O=c1cccn[nH]1.O=c1cccnn1-c1ccc2c(c1)nc1n2CCN(C2CCC2)CC1. The predicted octanol–water partition coefficient (Wildman–Crippen LogP) is 6.24. The fraction of sp³-hybridized carbons (Fsp3) is 0.450. The molecule has 0 amide bonds. The van der Waals surface area contributed by atoms with Gasteiger partial charge in [-0.05, 0) is 74.2 Å². The van der Waals surface area contributed by atoms with Crippen LogP contribution in [0.1, 0.15) is 65.0 Å². The second-order valence-electron chi connectivity index (χ2n) is 13.8. The van der Waals surface area contributed by atoms with Crippen molar-refractivity contribution in [3.8, 4) is 5.69 Å². The quantitative estimate of drug-likeness (QED) is 0.224. The molecule has 12 nitrogen and oxygen atoms in total. The minimum absolute atomic E-state index is 0. The largest absolute Gasteiger partial charge is 0.327 e. The number of aromatic nitrogens is 8. The van der Waals surface area contributed by atoms with Gasteiger partial charge in [0.1, 0.15) is 11.6 Å². The fourth-order valence-corrected chi connectivity index (χ4v) is 7.95. The van der Waals surface area contributed by atoms with Gasteiger partial charge in [-0.25, -0.2) is 15.1 Å². The summed E-state index contributed by atoms with van der Waals surface area (Å²) in [5, 5.41) is 9.83. The van der Waals surface area contributed by atoms with Crippen molar-refractivity contribution in [3.05, 3.63) is 110 Å². The third kappa shape index (κ3) is 8.37. The predicted molar refractivity (Wildman–Crippen MR) is 215 cm³/mol. The monoisotopic (exact) mass is 782 g/mol. The fourth-order valence-electron chi connectivity index (χ4n) is 7.60. The number of H-pyrrole nitrogens is 1. The number of aromatic amines is 1. The number of imidazole rings is 2. The van der Waals surface area contributed by atoms with Crippen LogP contribution < -0.4 is 11.1 Å². The van der Waals surface area contributed by atoms with E-state index in [-0.39, 0.29) is 26.0 Å². The number of hydrogen-bond acceptors (Lipinski definition) is 8. The van der Waals surface area contributed by atoms with Gasteiger partial charge in [0.25, 0.3) is 11.1 Å². The summed E-state index contributed by atoms with van der Waals surface area (Å²) in [6, 6.07) is 20.2. The molecule has 10 rings (SSSR count). The van der Waals surface area contributed by atoms with Crippen LogP contribution in [0.5, 0.6) is 0 Å². The Labute approximate surface area is 319 Å². The highest BCUT2D eigenvalue weighted by molar-refractivity contribution is 9.10. The first-order valence-corrected chi connectivity index (χ1v) is 19.0. The first-order chi connectivity index (χ1) is 25.0. The second-order valence-corrected chi connectivity index (χ2v) is 14.7. The molecule has 0 radical (unpaired) electrons. The zero-order chi connectivity index (χ0) is 34.7. The Bertz CT molecular complexity index is 2230. The summed E-state index contributed by atoms with van der Waals surface area (Å²) in [6.45, 7) is 6.63. The Morgan fingerprint density at radius 3 is 1.75 bits per heavy atom. The van der Waals surface area contributed by atoms with Crippen molar-refractivity contribution >= 4 is 38.0 Å². The molecular formula is C40H51BrN10O2. The Morgan fingerprint density at radius 1 is 0.660 bits per heavy atom. The number of benzene rings is 2. The summed E-state index contributed by atoms with van der Waals surface area (Å²) in [6.07, 6.45) is 13.5. The molecule has 2 aliphatic carbocycles. The number of rotatable bonds is 3. The van der Waals surface area contributed by atoms with E-state index in [1.54, 1.807) is 18.3 Å². The Balaban J connectivity index is 0.000000152. The molecule has 13 heteroatoms. The average Bonchev–Trinajstić information content (AvgIpc) is 3.45. The molecule has 2 aliphatic heterocycles. The van der Waals surface area contributed by atoms with Gasteiger partial charge >= 0.3 is 0 Å². The van der Waals surface area contributed by atoms with Gasteiger partial charge in [0.15, 0.2) is 0 Å². The molecule has 0 atom stereocenters. The van der Waals surface area contributed by atoms with Gasteiger partial charge in [0, 0.05) is 93.2 Å². The van der Waals surface area contributed by atoms with Gasteiger partial charge in [-0.2, -0.15) is 14.9 Å². The molecular weight excluding hydrogens is 732 g/mol. The van der Waals surface area contributed by atoms with E-state index in [0.29, 0.717) is 0 Å². The van der Waals surface area contributed by atoms with E-state index >= 15 is 0 Å². The third-order valence-corrected chi connectivity index (χ3v) is 11.3. The molecule has 0 spiro atoms. The van der Waals surface area contributed by atoms with Crippen molar-refractivity contribution in [2.45, 2.75) is 91.4 Å². The minimum atomic E-state index is -0.164. The normalized spacial score (nSPS) is 17.5. The maximum Gasteiger partial charge on any atom is 0.271 e. The molecule has 0 saturated heterocycles. The molecule has 280 valence electrons. The standard InChI is InChI=1S/C19H21N5O.C15H18BrN3.C4H4N2O.2CH4/c25-19-5-2-9-20-24(19)15-6-7-17-16(13-15)21-18-8-10-22(11-12-23(17)18)14-3-1-4-14;16-11-4-5-14-13(10-11)17-15-6-7-18(8-9-19(14)15)12-2-1-3-12;7-4-2-1-3-5-6-4;;/h2,5-7,9,13-14H,1,3-4,8,10-12H2;4-5,10,12H,1-3,6-9H2;1-3H,(H,6,7);2*1H4. The zero-order valence-electron chi connectivity index (χ0n) is 28.7. The highest BCUT2D eigenvalue weighted by Gasteiger charge is 2.28. The van der Waals surface area contributed by atoms with E-state index in [1.165, 1.54) is 86.0 Å². The minimum Gasteiger partial charge on any atom is -0.327 e. The molecule has 2 fully saturated rings. The van der Waals surface area contributed by atoms with E-state index < -0.39 is 0 Å².